The summed E-state index contributed by atoms with van der Waals surface area (Å²) in [4.78, 5) is 0. The molecule has 0 bridgehead atoms. The number of nitrogens with one attached hydrogen (secondary N) is 1. The maximum absolute atomic E-state index is 9.97. The fraction of sp³-hybridized carbons (Fsp3) is 0.647. The largest absolute Gasteiger partial charge is 0.392 e. The zero-order valence-corrected chi connectivity index (χ0v) is 13.2. The third-order valence-electron chi connectivity index (χ3n) is 3.75. The molecule has 1 rings (SSSR count). The van der Waals surface area contributed by atoms with Gasteiger partial charge in [-0.1, -0.05) is 57.0 Å². The van der Waals surface area contributed by atoms with Gasteiger partial charge in [0.05, 0.1) is 25.4 Å². The van der Waals surface area contributed by atoms with Crippen LogP contribution in [0.5, 0.6) is 0 Å². The van der Waals surface area contributed by atoms with Crippen LogP contribution in [-0.4, -0.2) is 42.1 Å². The Bertz CT molecular complexity index is 354. The Hall–Kier alpha value is -0.940. The lowest BCUT2D eigenvalue weighted by Gasteiger charge is -2.21. The Morgan fingerprint density at radius 2 is 1.71 bits per heavy atom. The molecule has 0 aromatic heterocycles. The zero-order valence-electron chi connectivity index (χ0n) is 13.2. The third kappa shape index (κ3) is 7.58. The second-order valence-electron chi connectivity index (χ2n) is 5.46. The van der Waals surface area contributed by atoms with E-state index in [4.69, 9.17) is 4.74 Å². The van der Waals surface area contributed by atoms with Crippen molar-refractivity contribution in [3.05, 3.63) is 35.9 Å². The first kappa shape index (κ1) is 18.1. The molecule has 0 saturated carbocycles. The Morgan fingerprint density at radius 3 is 2.33 bits per heavy atom. The molecule has 0 aliphatic carbocycles. The van der Waals surface area contributed by atoms with Gasteiger partial charge in [0.1, 0.15) is 0 Å². The molecular weight excluding hydrogens is 266 g/mol. The smallest absolute Gasteiger partial charge is 0.0897 e. The molecular formula is C17H29NO3. The molecule has 0 saturated heterocycles. The molecule has 0 spiro atoms. The van der Waals surface area contributed by atoms with Gasteiger partial charge in [0.25, 0.3) is 0 Å². The molecule has 0 heterocycles. The maximum Gasteiger partial charge on any atom is 0.0897 e. The van der Waals surface area contributed by atoms with Crippen LogP contribution in [0.3, 0.4) is 0 Å². The van der Waals surface area contributed by atoms with Crippen LogP contribution in [0.25, 0.3) is 0 Å². The highest BCUT2D eigenvalue weighted by Crippen LogP contribution is 2.12. The molecule has 0 aliphatic rings. The standard InChI is InChI=1S/C17H29NO3/c1-3-15(4-2)17(20)11-18-10-16(19)13-21-12-14-8-6-5-7-9-14/h5-9,15-20H,3-4,10-13H2,1-2H3. The lowest BCUT2D eigenvalue weighted by Crippen LogP contribution is -2.37. The minimum Gasteiger partial charge on any atom is -0.392 e. The number of benzene rings is 1. The highest BCUT2D eigenvalue weighted by molar-refractivity contribution is 5.13. The molecule has 2 unspecified atom stereocenters. The monoisotopic (exact) mass is 295 g/mol. The van der Waals surface area contributed by atoms with Crippen LogP contribution in [0.4, 0.5) is 0 Å². The minimum absolute atomic E-state index is 0.295. The minimum atomic E-state index is -0.553. The molecule has 0 amide bonds. The molecule has 120 valence electrons. The SMILES string of the molecule is CCC(CC)C(O)CNCC(O)COCc1ccccc1. The van der Waals surface area contributed by atoms with E-state index in [9.17, 15) is 10.2 Å². The first-order chi connectivity index (χ1) is 10.2. The van der Waals surface area contributed by atoms with E-state index in [1.165, 1.54) is 0 Å². The molecule has 2 atom stereocenters. The molecule has 0 radical (unpaired) electrons. The van der Waals surface area contributed by atoms with Gasteiger partial charge in [-0.25, -0.2) is 0 Å². The maximum atomic E-state index is 9.97. The summed E-state index contributed by atoms with van der Waals surface area (Å²) in [6.45, 7) is 5.93. The van der Waals surface area contributed by atoms with Gasteiger partial charge in [-0.15, -0.1) is 0 Å². The average molecular weight is 295 g/mol. The number of aliphatic hydroxyl groups is 2. The number of hydrogen-bond donors (Lipinski definition) is 3. The van der Waals surface area contributed by atoms with Crippen molar-refractivity contribution < 1.29 is 14.9 Å². The van der Waals surface area contributed by atoms with Gasteiger partial charge in [0.15, 0.2) is 0 Å². The summed E-state index contributed by atoms with van der Waals surface area (Å²) in [6, 6.07) is 9.90. The molecule has 0 fully saturated rings. The summed E-state index contributed by atoms with van der Waals surface area (Å²) in [6.07, 6.45) is 1.05. The number of rotatable bonds is 11. The number of hydrogen-bond acceptors (Lipinski definition) is 4. The van der Waals surface area contributed by atoms with Crippen molar-refractivity contribution in [2.75, 3.05) is 19.7 Å². The Labute approximate surface area is 128 Å². The van der Waals surface area contributed by atoms with Crippen LogP contribution in [0.15, 0.2) is 30.3 Å². The van der Waals surface area contributed by atoms with Crippen LogP contribution in [0.2, 0.25) is 0 Å². The summed E-state index contributed by atoms with van der Waals surface area (Å²) >= 11 is 0. The van der Waals surface area contributed by atoms with Crippen LogP contribution in [0, 0.1) is 5.92 Å². The quantitative estimate of drug-likeness (QED) is 0.584. The molecule has 21 heavy (non-hydrogen) atoms. The van der Waals surface area contributed by atoms with Crippen molar-refractivity contribution in [1.29, 1.82) is 0 Å². The van der Waals surface area contributed by atoms with Gasteiger partial charge in [0, 0.05) is 13.1 Å². The third-order valence-corrected chi connectivity index (χ3v) is 3.75. The van der Waals surface area contributed by atoms with Gasteiger partial charge < -0.3 is 20.3 Å². The van der Waals surface area contributed by atoms with Crippen molar-refractivity contribution in [3.63, 3.8) is 0 Å². The lowest BCUT2D eigenvalue weighted by atomic mass is 9.96. The van der Waals surface area contributed by atoms with Gasteiger partial charge in [0.2, 0.25) is 0 Å². The molecule has 4 heteroatoms. The van der Waals surface area contributed by atoms with Crippen LogP contribution < -0.4 is 5.32 Å². The van der Waals surface area contributed by atoms with Crippen LogP contribution in [-0.2, 0) is 11.3 Å². The van der Waals surface area contributed by atoms with Gasteiger partial charge in [-0.3, -0.25) is 0 Å². The normalized spacial score (nSPS) is 14.3. The summed E-state index contributed by atoms with van der Waals surface area (Å²) < 4.78 is 5.48. The summed E-state index contributed by atoms with van der Waals surface area (Å²) in [7, 11) is 0. The van der Waals surface area contributed by atoms with E-state index in [2.05, 4.69) is 19.2 Å². The van der Waals surface area contributed by atoms with Gasteiger partial charge in [-0.05, 0) is 11.5 Å². The van der Waals surface area contributed by atoms with Crippen molar-refractivity contribution in [2.24, 2.45) is 5.92 Å². The van der Waals surface area contributed by atoms with E-state index in [0.717, 1.165) is 18.4 Å². The van der Waals surface area contributed by atoms with E-state index in [0.29, 0.717) is 32.2 Å². The predicted octanol–water partition coefficient (Wildman–Crippen LogP) is 1.95. The van der Waals surface area contributed by atoms with E-state index >= 15 is 0 Å². The van der Waals surface area contributed by atoms with Crippen molar-refractivity contribution in [1.82, 2.24) is 5.32 Å². The van der Waals surface area contributed by atoms with Crippen molar-refractivity contribution in [3.8, 4) is 0 Å². The lowest BCUT2D eigenvalue weighted by molar-refractivity contribution is 0.0256. The second-order valence-corrected chi connectivity index (χ2v) is 5.46. The van der Waals surface area contributed by atoms with Crippen LogP contribution >= 0.6 is 0 Å². The van der Waals surface area contributed by atoms with E-state index in [1.54, 1.807) is 0 Å². The van der Waals surface area contributed by atoms with Crippen molar-refractivity contribution in [2.45, 2.75) is 45.5 Å². The second kappa shape index (κ2) is 10.7. The fourth-order valence-electron chi connectivity index (χ4n) is 2.34. The highest BCUT2D eigenvalue weighted by Gasteiger charge is 2.15. The predicted molar refractivity (Wildman–Crippen MR) is 85.1 cm³/mol. The van der Waals surface area contributed by atoms with Gasteiger partial charge >= 0.3 is 0 Å². The Balaban J connectivity index is 2.10. The van der Waals surface area contributed by atoms with E-state index in [1.807, 2.05) is 30.3 Å². The molecule has 3 N–H and O–H groups in total. The summed E-state index contributed by atoms with van der Waals surface area (Å²) in [5, 5.41) is 22.9. The highest BCUT2D eigenvalue weighted by atomic mass is 16.5. The van der Waals surface area contributed by atoms with E-state index < -0.39 is 6.10 Å². The van der Waals surface area contributed by atoms with E-state index in [-0.39, 0.29) is 6.10 Å². The Kier molecular flexibility index (Phi) is 9.26. The van der Waals surface area contributed by atoms with Gasteiger partial charge in [-0.2, -0.15) is 0 Å². The Morgan fingerprint density at radius 1 is 1.05 bits per heavy atom. The number of aliphatic hydroxyl groups excluding tert-OH is 2. The molecule has 1 aromatic rings. The molecule has 4 nitrogen and oxygen atoms in total. The summed E-state index contributed by atoms with van der Waals surface area (Å²) in [5.74, 6) is 0.323. The van der Waals surface area contributed by atoms with Crippen LogP contribution in [0.1, 0.15) is 32.3 Å². The fourth-order valence-corrected chi connectivity index (χ4v) is 2.34. The number of ether oxygens (including phenoxy) is 1. The molecule has 1 aromatic carbocycles. The van der Waals surface area contributed by atoms with Crippen molar-refractivity contribution >= 4 is 0 Å². The average Bonchev–Trinajstić information content (AvgIpc) is 2.49. The molecule has 0 aliphatic heterocycles. The first-order valence-corrected chi connectivity index (χ1v) is 7.85. The topological polar surface area (TPSA) is 61.7 Å². The summed E-state index contributed by atoms with van der Waals surface area (Å²) in [5.41, 5.74) is 1.10. The zero-order chi connectivity index (χ0) is 15.5. The first-order valence-electron chi connectivity index (χ1n) is 7.85.